The fourth-order valence-electron chi connectivity index (χ4n) is 2.03. The van der Waals surface area contributed by atoms with Gasteiger partial charge in [0, 0.05) is 16.2 Å². The number of rotatable bonds is 5. The predicted octanol–water partition coefficient (Wildman–Crippen LogP) is 5.22. The summed E-state index contributed by atoms with van der Waals surface area (Å²) in [6.07, 6.45) is 0. The van der Waals surface area contributed by atoms with E-state index in [0.29, 0.717) is 12.2 Å². The van der Waals surface area contributed by atoms with Crippen LogP contribution in [0.5, 0.6) is 0 Å². The Bertz CT molecular complexity index is 616. The first-order chi connectivity index (χ1) is 10.1. The molecule has 0 saturated heterocycles. The molecule has 0 spiro atoms. The number of hydrogen-bond acceptors (Lipinski definition) is 3. The quantitative estimate of drug-likeness (QED) is 0.718. The lowest BCUT2D eigenvalue weighted by atomic mass is 10.1. The maximum atomic E-state index is 11.6. The van der Waals surface area contributed by atoms with Gasteiger partial charge in [0.25, 0.3) is 0 Å². The van der Waals surface area contributed by atoms with Gasteiger partial charge in [0.05, 0.1) is 12.2 Å². The van der Waals surface area contributed by atoms with Crippen molar-refractivity contribution in [2.75, 3.05) is 11.9 Å². The average Bonchev–Trinajstić information content (AvgIpc) is 2.47. The number of halogens is 2. The fourth-order valence-corrected chi connectivity index (χ4v) is 2.43. The van der Waals surface area contributed by atoms with Crippen molar-refractivity contribution in [1.82, 2.24) is 0 Å². The van der Waals surface area contributed by atoms with Gasteiger partial charge in [-0.3, -0.25) is 0 Å². The van der Waals surface area contributed by atoms with Crippen molar-refractivity contribution in [3.63, 3.8) is 0 Å². The number of carbonyl (C=O) groups is 1. The maximum Gasteiger partial charge on any atom is 0.338 e. The molecule has 1 N–H and O–H groups in total. The minimum absolute atomic E-state index is 0. The highest BCUT2D eigenvalue weighted by atomic mass is 79.9. The van der Waals surface area contributed by atoms with E-state index in [4.69, 9.17) is 4.74 Å². The summed E-state index contributed by atoms with van der Waals surface area (Å²) >= 11 is 3.46. The van der Waals surface area contributed by atoms with Crippen LogP contribution in [0.15, 0.2) is 53.0 Å². The van der Waals surface area contributed by atoms with Crippen LogP contribution in [0.2, 0.25) is 0 Å². The van der Waals surface area contributed by atoms with Crippen molar-refractivity contribution >= 4 is 40.0 Å². The molecule has 0 aliphatic carbocycles. The van der Waals surface area contributed by atoms with E-state index in [1.54, 1.807) is 19.1 Å². The minimum Gasteiger partial charge on any atom is -0.462 e. The fraction of sp³-hybridized carbons (Fsp3) is 0.235. The molecule has 1 unspecified atom stereocenters. The van der Waals surface area contributed by atoms with Crippen molar-refractivity contribution in [2.45, 2.75) is 19.9 Å². The van der Waals surface area contributed by atoms with Gasteiger partial charge in [-0.1, -0.05) is 34.1 Å². The monoisotopic (exact) mass is 383 g/mol. The number of ether oxygens (including phenoxy) is 1. The van der Waals surface area contributed by atoms with E-state index in [1.807, 2.05) is 36.4 Å². The first kappa shape index (κ1) is 18.5. The van der Waals surface area contributed by atoms with Gasteiger partial charge in [-0.25, -0.2) is 4.79 Å². The van der Waals surface area contributed by atoms with E-state index < -0.39 is 0 Å². The molecule has 0 aliphatic rings. The second kappa shape index (κ2) is 8.81. The van der Waals surface area contributed by atoms with Crippen molar-refractivity contribution in [3.8, 4) is 0 Å². The summed E-state index contributed by atoms with van der Waals surface area (Å²) in [5.74, 6) is -0.281. The van der Waals surface area contributed by atoms with E-state index in [9.17, 15) is 4.79 Å². The van der Waals surface area contributed by atoms with Crippen LogP contribution in [-0.2, 0) is 4.74 Å². The molecule has 0 bridgehead atoms. The molecular formula is C17H19BrClNO2. The largest absolute Gasteiger partial charge is 0.462 e. The Morgan fingerprint density at radius 3 is 2.50 bits per heavy atom. The average molecular weight is 385 g/mol. The van der Waals surface area contributed by atoms with Crippen molar-refractivity contribution < 1.29 is 9.53 Å². The summed E-state index contributed by atoms with van der Waals surface area (Å²) in [4.78, 5) is 11.6. The summed E-state index contributed by atoms with van der Waals surface area (Å²) in [5.41, 5.74) is 2.74. The highest BCUT2D eigenvalue weighted by Crippen LogP contribution is 2.22. The molecule has 0 aromatic heterocycles. The van der Waals surface area contributed by atoms with Crippen molar-refractivity contribution in [1.29, 1.82) is 0 Å². The third kappa shape index (κ3) is 5.04. The second-order valence-corrected chi connectivity index (χ2v) is 5.63. The van der Waals surface area contributed by atoms with Gasteiger partial charge in [-0.05, 0) is 49.7 Å². The van der Waals surface area contributed by atoms with Crippen LogP contribution >= 0.6 is 28.3 Å². The van der Waals surface area contributed by atoms with Crippen LogP contribution in [0.3, 0.4) is 0 Å². The zero-order chi connectivity index (χ0) is 15.2. The SMILES string of the molecule is CCOC(=O)c1ccc(C(C)Nc2cccc(Br)c2)cc1.Cl. The van der Waals surface area contributed by atoms with Crippen molar-refractivity contribution in [2.24, 2.45) is 0 Å². The Hall–Kier alpha value is -1.52. The minimum atomic E-state index is -0.281. The van der Waals surface area contributed by atoms with Crippen LogP contribution in [0.25, 0.3) is 0 Å². The lowest BCUT2D eigenvalue weighted by Crippen LogP contribution is -2.08. The molecule has 0 heterocycles. The molecule has 5 heteroatoms. The second-order valence-electron chi connectivity index (χ2n) is 4.72. The van der Waals surface area contributed by atoms with E-state index in [1.165, 1.54) is 0 Å². The molecular weight excluding hydrogens is 366 g/mol. The first-order valence-corrected chi connectivity index (χ1v) is 7.68. The normalized spacial score (nSPS) is 11.2. The molecule has 22 heavy (non-hydrogen) atoms. The summed E-state index contributed by atoms with van der Waals surface area (Å²) < 4.78 is 6.02. The number of nitrogens with one attached hydrogen (secondary N) is 1. The van der Waals surface area contributed by atoms with E-state index in [2.05, 4.69) is 28.2 Å². The predicted molar refractivity (Wildman–Crippen MR) is 95.8 cm³/mol. The Morgan fingerprint density at radius 2 is 1.91 bits per heavy atom. The zero-order valence-electron chi connectivity index (χ0n) is 12.5. The van der Waals surface area contributed by atoms with Crippen LogP contribution in [-0.4, -0.2) is 12.6 Å². The summed E-state index contributed by atoms with van der Waals surface area (Å²) in [5, 5.41) is 3.43. The third-order valence-corrected chi connectivity index (χ3v) is 3.62. The lowest BCUT2D eigenvalue weighted by Gasteiger charge is -2.16. The Morgan fingerprint density at radius 1 is 1.23 bits per heavy atom. The molecule has 118 valence electrons. The Labute approximate surface area is 145 Å². The molecule has 0 aliphatic heterocycles. The van der Waals surface area contributed by atoms with Crippen molar-refractivity contribution in [3.05, 3.63) is 64.1 Å². The van der Waals surface area contributed by atoms with Gasteiger partial charge in [0.1, 0.15) is 0 Å². The van der Waals surface area contributed by atoms with Gasteiger partial charge < -0.3 is 10.1 Å². The summed E-state index contributed by atoms with van der Waals surface area (Å²) in [6.45, 7) is 4.28. The first-order valence-electron chi connectivity index (χ1n) is 6.89. The van der Waals surface area contributed by atoms with E-state index >= 15 is 0 Å². The van der Waals surface area contributed by atoms with Gasteiger partial charge in [-0.15, -0.1) is 12.4 Å². The number of benzene rings is 2. The molecule has 0 saturated carbocycles. The zero-order valence-corrected chi connectivity index (χ0v) is 14.9. The van der Waals surface area contributed by atoms with Crippen LogP contribution in [0.4, 0.5) is 5.69 Å². The van der Waals surface area contributed by atoms with Gasteiger partial charge >= 0.3 is 5.97 Å². The molecule has 1 atom stereocenters. The van der Waals surface area contributed by atoms with Gasteiger partial charge in [0.15, 0.2) is 0 Å². The molecule has 3 nitrogen and oxygen atoms in total. The van der Waals surface area contributed by atoms with Crippen LogP contribution in [0.1, 0.15) is 35.8 Å². The Kier molecular flexibility index (Phi) is 7.42. The molecule has 0 fully saturated rings. The highest BCUT2D eigenvalue weighted by molar-refractivity contribution is 9.10. The third-order valence-electron chi connectivity index (χ3n) is 3.13. The standard InChI is InChI=1S/C17H18BrNO2.ClH/c1-3-21-17(20)14-9-7-13(8-10-14)12(2)19-16-6-4-5-15(18)11-16;/h4-12,19H,3H2,1-2H3;1H. The maximum absolute atomic E-state index is 11.6. The number of anilines is 1. The van der Waals surface area contributed by atoms with E-state index in [0.717, 1.165) is 15.7 Å². The van der Waals surface area contributed by atoms with Gasteiger partial charge in [0.2, 0.25) is 0 Å². The summed E-state index contributed by atoms with van der Waals surface area (Å²) in [6, 6.07) is 15.7. The Balaban J connectivity index is 0.00000242. The topological polar surface area (TPSA) is 38.3 Å². The number of esters is 1. The molecule has 0 radical (unpaired) electrons. The lowest BCUT2D eigenvalue weighted by molar-refractivity contribution is 0.0526. The molecule has 0 amide bonds. The summed E-state index contributed by atoms with van der Waals surface area (Å²) in [7, 11) is 0. The highest BCUT2D eigenvalue weighted by Gasteiger charge is 2.09. The van der Waals surface area contributed by atoms with Gasteiger partial charge in [-0.2, -0.15) is 0 Å². The molecule has 2 aromatic rings. The van der Waals surface area contributed by atoms with Crippen LogP contribution < -0.4 is 5.32 Å². The van der Waals surface area contributed by atoms with Crippen LogP contribution in [0, 0.1) is 0 Å². The van der Waals surface area contributed by atoms with E-state index in [-0.39, 0.29) is 24.4 Å². The number of hydrogen-bond donors (Lipinski definition) is 1. The smallest absolute Gasteiger partial charge is 0.338 e. The molecule has 2 rings (SSSR count). The number of carbonyl (C=O) groups excluding carboxylic acids is 1. The molecule has 2 aromatic carbocycles.